The van der Waals surface area contributed by atoms with Crippen LogP contribution in [-0.4, -0.2) is 28.9 Å². The molecule has 0 spiro atoms. The minimum absolute atomic E-state index is 0.0275. The number of ketones is 1. The number of benzene rings is 2. The van der Waals surface area contributed by atoms with Crippen LogP contribution in [0.3, 0.4) is 0 Å². The predicted octanol–water partition coefficient (Wildman–Crippen LogP) is 3.78. The summed E-state index contributed by atoms with van der Waals surface area (Å²) in [5, 5.41) is 13.1. The number of carbonyl (C=O) groups excluding carboxylic acids is 2. The number of carbonyl (C=O) groups is 2. The Bertz CT molecular complexity index is 1060. The molecule has 6 nitrogen and oxygen atoms in total. The largest absolute Gasteiger partial charge is 0.507 e. The van der Waals surface area contributed by atoms with E-state index in [0.29, 0.717) is 22.0 Å². The van der Waals surface area contributed by atoms with Crippen LogP contribution in [0.4, 0.5) is 5.13 Å². The van der Waals surface area contributed by atoms with E-state index in [-0.39, 0.29) is 11.3 Å². The Morgan fingerprint density at radius 1 is 1.14 bits per heavy atom. The van der Waals surface area contributed by atoms with Crippen LogP contribution in [0.2, 0.25) is 0 Å². The molecule has 1 aliphatic rings. The molecule has 4 rings (SSSR count). The summed E-state index contributed by atoms with van der Waals surface area (Å²) < 4.78 is 5.20. The Balaban J connectivity index is 1.93. The molecule has 2 heterocycles. The number of Topliss-reactive ketones (excluding diaryl/α,β-unsaturated/α-hetero) is 1. The van der Waals surface area contributed by atoms with Gasteiger partial charge in [-0.15, -0.1) is 11.3 Å². The number of amides is 1. The van der Waals surface area contributed by atoms with E-state index in [4.69, 9.17) is 4.74 Å². The monoisotopic (exact) mass is 392 g/mol. The van der Waals surface area contributed by atoms with Crippen LogP contribution < -0.4 is 9.64 Å². The maximum atomic E-state index is 12.9. The van der Waals surface area contributed by atoms with Gasteiger partial charge in [0.25, 0.3) is 5.78 Å². The van der Waals surface area contributed by atoms with Crippen LogP contribution in [0.25, 0.3) is 5.76 Å². The number of methoxy groups -OCH3 is 1. The quantitative estimate of drug-likeness (QED) is 0.415. The van der Waals surface area contributed by atoms with E-state index >= 15 is 0 Å². The maximum Gasteiger partial charge on any atom is 0.301 e. The lowest BCUT2D eigenvalue weighted by Gasteiger charge is -2.22. The summed E-state index contributed by atoms with van der Waals surface area (Å²) in [4.78, 5) is 31.3. The number of hydrogen-bond acceptors (Lipinski definition) is 6. The molecule has 1 amide bonds. The topological polar surface area (TPSA) is 79.7 Å². The summed E-state index contributed by atoms with van der Waals surface area (Å²) in [5.74, 6) is -1.17. The SMILES string of the molecule is COc1cccc(C(O)=C2C(=O)C(=O)N(c3nccs3)C2c2ccccc2)c1. The van der Waals surface area contributed by atoms with Crippen molar-refractivity contribution in [2.24, 2.45) is 0 Å². The number of thiazole rings is 1. The van der Waals surface area contributed by atoms with Crippen molar-refractivity contribution < 1.29 is 19.4 Å². The number of anilines is 1. The van der Waals surface area contributed by atoms with E-state index < -0.39 is 17.7 Å². The van der Waals surface area contributed by atoms with Crippen molar-refractivity contribution in [3.63, 3.8) is 0 Å². The van der Waals surface area contributed by atoms with Crippen LogP contribution in [0, 0.1) is 0 Å². The first-order chi connectivity index (χ1) is 13.6. The molecule has 1 saturated heterocycles. The van der Waals surface area contributed by atoms with Gasteiger partial charge in [-0.3, -0.25) is 14.5 Å². The van der Waals surface area contributed by atoms with Crippen LogP contribution in [0.5, 0.6) is 5.75 Å². The normalized spacial score (nSPS) is 18.5. The summed E-state index contributed by atoms with van der Waals surface area (Å²) in [6.07, 6.45) is 1.57. The zero-order valence-corrected chi connectivity index (χ0v) is 15.7. The molecule has 0 radical (unpaired) electrons. The Hall–Kier alpha value is -3.45. The lowest BCUT2D eigenvalue weighted by Crippen LogP contribution is -2.29. The van der Waals surface area contributed by atoms with Gasteiger partial charge in [0.2, 0.25) is 0 Å². The van der Waals surface area contributed by atoms with E-state index in [1.807, 2.05) is 30.3 Å². The molecule has 1 fully saturated rings. The molecule has 7 heteroatoms. The summed E-state index contributed by atoms with van der Waals surface area (Å²) in [6.45, 7) is 0. The standard InChI is InChI=1S/C21H16N2O4S/c1-27-15-9-5-8-14(12-15)18(24)16-17(13-6-3-2-4-7-13)23(20(26)19(16)25)21-22-10-11-28-21/h2-12,17,24H,1H3. The van der Waals surface area contributed by atoms with Crippen molar-refractivity contribution in [3.05, 3.63) is 82.9 Å². The van der Waals surface area contributed by atoms with Gasteiger partial charge in [-0.2, -0.15) is 0 Å². The fourth-order valence-electron chi connectivity index (χ4n) is 3.24. The van der Waals surface area contributed by atoms with Crippen LogP contribution >= 0.6 is 11.3 Å². The van der Waals surface area contributed by atoms with Gasteiger partial charge >= 0.3 is 5.91 Å². The average Bonchev–Trinajstić information content (AvgIpc) is 3.35. The first-order valence-electron chi connectivity index (χ1n) is 8.51. The number of aromatic nitrogens is 1. The first-order valence-corrected chi connectivity index (χ1v) is 9.39. The minimum atomic E-state index is -0.765. The predicted molar refractivity (Wildman–Crippen MR) is 106 cm³/mol. The highest BCUT2D eigenvalue weighted by Gasteiger charge is 2.47. The van der Waals surface area contributed by atoms with Crippen molar-refractivity contribution in [3.8, 4) is 5.75 Å². The highest BCUT2D eigenvalue weighted by atomic mass is 32.1. The van der Waals surface area contributed by atoms with Gasteiger partial charge in [0.1, 0.15) is 11.5 Å². The molecule has 1 atom stereocenters. The van der Waals surface area contributed by atoms with Crippen LogP contribution in [0.1, 0.15) is 17.2 Å². The zero-order chi connectivity index (χ0) is 19.7. The molecule has 1 N–H and O–H groups in total. The van der Waals surface area contributed by atoms with E-state index in [0.717, 1.165) is 0 Å². The molecule has 2 aromatic carbocycles. The fourth-order valence-corrected chi connectivity index (χ4v) is 3.91. The van der Waals surface area contributed by atoms with Gasteiger partial charge in [0.05, 0.1) is 18.7 Å². The number of aliphatic hydroxyl groups excluding tert-OH is 1. The summed E-state index contributed by atoms with van der Waals surface area (Å²) in [5.41, 5.74) is 1.14. The molecule has 1 unspecified atom stereocenters. The molecule has 1 aliphatic heterocycles. The highest BCUT2D eigenvalue weighted by molar-refractivity contribution is 7.14. The van der Waals surface area contributed by atoms with E-state index in [2.05, 4.69) is 4.98 Å². The van der Waals surface area contributed by atoms with Gasteiger partial charge in [-0.1, -0.05) is 42.5 Å². The number of hydrogen-bond donors (Lipinski definition) is 1. The van der Waals surface area contributed by atoms with E-state index in [9.17, 15) is 14.7 Å². The Morgan fingerprint density at radius 3 is 2.61 bits per heavy atom. The molecule has 0 saturated carbocycles. The van der Waals surface area contributed by atoms with Crippen molar-refractivity contribution >= 4 is 33.9 Å². The third kappa shape index (κ3) is 2.95. The number of rotatable bonds is 4. The average molecular weight is 392 g/mol. The second-order valence-corrected chi connectivity index (χ2v) is 7.00. The highest BCUT2D eigenvalue weighted by Crippen LogP contribution is 2.42. The lowest BCUT2D eigenvalue weighted by molar-refractivity contribution is -0.132. The van der Waals surface area contributed by atoms with Crippen LogP contribution in [0.15, 0.2) is 71.7 Å². The maximum absolute atomic E-state index is 12.9. The Labute approximate surface area is 165 Å². The second-order valence-electron chi connectivity index (χ2n) is 6.13. The number of ether oxygens (including phenoxy) is 1. The smallest absolute Gasteiger partial charge is 0.301 e. The minimum Gasteiger partial charge on any atom is -0.507 e. The van der Waals surface area contributed by atoms with E-state index in [1.54, 1.807) is 35.8 Å². The first kappa shape index (κ1) is 17.9. The van der Waals surface area contributed by atoms with Gasteiger partial charge in [0, 0.05) is 17.1 Å². The molecule has 0 bridgehead atoms. The Kier molecular flexibility index (Phi) is 4.67. The van der Waals surface area contributed by atoms with Crippen molar-refractivity contribution in [1.82, 2.24) is 4.98 Å². The van der Waals surface area contributed by atoms with Crippen molar-refractivity contribution in [2.45, 2.75) is 6.04 Å². The number of nitrogens with zero attached hydrogens (tertiary/aromatic N) is 2. The molecular weight excluding hydrogens is 376 g/mol. The van der Waals surface area contributed by atoms with Crippen LogP contribution in [-0.2, 0) is 9.59 Å². The second kappa shape index (κ2) is 7.28. The van der Waals surface area contributed by atoms with Crippen molar-refractivity contribution in [1.29, 1.82) is 0 Å². The molecule has 1 aromatic heterocycles. The van der Waals surface area contributed by atoms with Gasteiger partial charge in [-0.05, 0) is 17.7 Å². The molecule has 28 heavy (non-hydrogen) atoms. The number of aliphatic hydroxyl groups is 1. The van der Waals surface area contributed by atoms with Gasteiger partial charge in [0.15, 0.2) is 5.13 Å². The molecule has 3 aromatic rings. The van der Waals surface area contributed by atoms with E-state index in [1.165, 1.54) is 23.3 Å². The summed E-state index contributed by atoms with van der Waals surface area (Å²) in [7, 11) is 1.52. The molecular formula is C21H16N2O4S. The molecule has 140 valence electrons. The third-order valence-electron chi connectivity index (χ3n) is 4.53. The summed E-state index contributed by atoms with van der Waals surface area (Å²) in [6, 6.07) is 15.1. The molecule has 0 aliphatic carbocycles. The van der Waals surface area contributed by atoms with Crippen molar-refractivity contribution in [2.75, 3.05) is 12.0 Å². The lowest BCUT2D eigenvalue weighted by atomic mass is 9.95. The third-order valence-corrected chi connectivity index (χ3v) is 5.30. The summed E-state index contributed by atoms with van der Waals surface area (Å²) >= 11 is 1.26. The zero-order valence-electron chi connectivity index (χ0n) is 14.9. The van der Waals surface area contributed by atoms with Gasteiger partial charge in [-0.25, -0.2) is 4.98 Å². The van der Waals surface area contributed by atoms with Gasteiger partial charge < -0.3 is 9.84 Å². The Morgan fingerprint density at radius 2 is 1.93 bits per heavy atom. The fraction of sp³-hybridized carbons (Fsp3) is 0.0952.